The minimum Gasteiger partial charge on any atom is -0.493 e. The summed E-state index contributed by atoms with van der Waals surface area (Å²) < 4.78 is 17.3. The van der Waals surface area contributed by atoms with Crippen molar-refractivity contribution < 1.29 is 19.0 Å². The number of aromatic nitrogens is 2. The number of rotatable bonds is 10. The van der Waals surface area contributed by atoms with Gasteiger partial charge in [-0.1, -0.05) is 13.0 Å². The van der Waals surface area contributed by atoms with Crippen molar-refractivity contribution in [3.63, 3.8) is 0 Å². The maximum absolute atomic E-state index is 12.8. The number of carbonyl (C=O) groups is 1. The van der Waals surface area contributed by atoms with E-state index in [-0.39, 0.29) is 17.9 Å². The first kappa shape index (κ1) is 23.0. The second kappa shape index (κ2) is 9.97. The van der Waals surface area contributed by atoms with Crippen molar-refractivity contribution in [1.29, 1.82) is 0 Å². The van der Waals surface area contributed by atoms with E-state index in [1.807, 2.05) is 13.0 Å². The number of aromatic amines is 1. The van der Waals surface area contributed by atoms with Crippen LogP contribution in [0, 0.1) is 0 Å². The highest BCUT2D eigenvalue weighted by molar-refractivity contribution is 6.01. The lowest BCUT2D eigenvalue weighted by Crippen LogP contribution is -2.38. The topological polar surface area (TPSA) is 129 Å². The van der Waals surface area contributed by atoms with Crippen molar-refractivity contribution in [2.75, 3.05) is 40.7 Å². The molecule has 0 saturated heterocycles. The molecule has 0 radical (unpaired) electrons. The molecule has 0 bridgehead atoms. The summed E-state index contributed by atoms with van der Waals surface area (Å²) in [6, 6.07) is 3.56. The third kappa shape index (κ3) is 4.65. The first-order valence-electron chi connectivity index (χ1n) is 9.41. The molecule has 10 heteroatoms. The molecule has 1 heterocycles. The second-order valence-electron chi connectivity index (χ2n) is 6.76. The highest BCUT2D eigenvalue weighted by Gasteiger charge is 2.22. The Morgan fingerprint density at radius 1 is 1.13 bits per heavy atom. The summed E-state index contributed by atoms with van der Waals surface area (Å²) in [5, 5.41) is 0. The van der Waals surface area contributed by atoms with Gasteiger partial charge in [-0.3, -0.25) is 24.0 Å². The van der Waals surface area contributed by atoms with Crippen LogP contribution in [0.25, 0.3) is 0 Å². The van der Waals surface area contributed by atoms with Gasteiger partial charge in [0.05, 0.1) is 27.9 Å². The van der Waals surface area contributed by atoms with Crippen LogP contribution in [0.1, 0.15) is 29.3 Å². The van der Waals surface area contributed by atoms with Crippen LogP contribution in [0.15, 0.2) is 21.7 Å². The molecule has 1 aromatic carbocycles. The monoisotopic (exact) mass is 420 g/mol. The van der Waals surface area contributed by atoms with Crippen LogP contribution in [0.2, 0.25) is 0 Å². The van der Waals surface area contributed by atoms with E-state index >= 15 is 0 Å². The third-order valence-corrected chi connectivity index (χ3v) is 4.61. The number of anilines is 1. The zero-order valence-electron chi connectivity index (χ0n) is 17.9. The Balaban J connectivity index is 2.29. The number of nitrogens with one attached hydrogen (secondary N) is 1. The third-order valence-electron chi connectivity index (χ3n) is 4.61. The maximum atomic E-state index is 12.8. The Bertz CT molecular complexity index is 1030. The summed E-state index contributed by atoms with van der Waals surface area (Å²) in [5.74, 6) is 0.858. The summed E-state index contributed by atoms with van der Waals surface area (Å²) in [4.78, 5) is 40.8. The summed E-state index contributed by atoms with van der Waals surface area (Å²) in [5.41, 5.74) is 5.11. The number of nitrogens with zero attached hydrogens (tertiary/aromatic N) is 2. The van der Waals surface area contributed by atoms with Crippen molar-refractivity contribution in [1.82, 2.24) is 14.5 Å². The van der Waals surface area contributed by atoms with E-state index in [1.54, 1.807) is 18.0 Å². The van der Waals surface area contributed by atoms with Crippen LogP contribution in [-0.4, -0.2) is 55.2 Å². The smallest absolute Gasteiger partial charge is 0.329 e. The van der Waals surface area contributed by atoms with E-state index in [4.69, 9.17) is 19.9 Å². The van der Waals surface area contributed by atoms with Gasteiger partial charge in [-0.15, -0.1) is 0 Å². The Morgan fingerprint density at radius 3 is 2.37 bits per heavy atom. The van der Waals surface area contributed by atoms with Crippen molar-refractivity contribution in [3.8, 4) is 17.2 Å². The summed E-state index contributed by atoms with van der Waals surface area (Å²) in [6.07, 6.45) is 0.628. The largest absolute Gasteiger partial charge is 0.493 e. The number of nitrogen functional groups attached to an aromatic ring is 1. The molecule has 0 aliphatic carbocycles. The van der Waals surface area contributed by atoms with Gasteiger partial charge in [0.25, 0.3) is 5.56 Å². The zero-order chi connectivity index (χ0) is 22.4. The number of hydrogen-bond donors (Lipinski definition) is 2. The van der Waals surface area contributed by atoms with Crippen molar-refractivity contribution in [2.45, 2.75) is 26.4 Å². The molecule has 10 nitrogen and oxygen atoms in total. The molecule has 0 unspecified atom stereocenters. The van der Waals surface area contributed by atoms with E-state index in [0.29, 0.717) is 36.8 Å². The van der Waals surface area contributed by atoms with Crippen molar-refractivity contribution in [3.05, 3.63) is 44.1 Å². The Hall–Kier alpha value is -3.27. The summed E-state index contributed by atoms with van der Waals surface area (Å²) >= 11 is 0. The number of Topliss-reactive ketones (excluding diaryl/α,β-unsaturated/α-hetero) is 1. The quantitative estimate of drug-likeness (QED) is 0.542. The van der Waals surface area contributed by atoms with Gasteiger partial charge in [0, 0.05) is 18.7 Å². The molecule has 0 aliphatic rings. The average molecular weight is 420 g/mol. The molecule has 0 fully saturated rings. The molecule has 0 aliphatic heterocycles. The molecule has 164 valence electrons. The number of likely N-dealkylation sites (N-methyl/N-ethyl adjacent to an activating group) is 1. The van der Waals surface area contributed by atoms with Crippen LogP contribution >= 0.6 is 0 Å². The zero-order valence-corrected chi connectivity index (χ0v) is 17.9. The van der Waals surface area contributed by atoms with E-state index in [0.717, 1.165) is 5.56 Å². The van der Waals surface area contributed by atoms with Crippen LogP contribution in [0.3, 0.4) is 0 Å². The fourth-order valence-corrected chi connectivity index (χ4v) is 3.26. The van der Waals surface area contributed by atoms with E-state index in [9.17, 15) is 14.4 Å². The second-order valence-corrected chi connectivity index (χ2v) is 6.76. The predicted molar refractivity (Wildman–Crippen MR) is 113 cm³/mol. The first-order chi connectivity index (χ1) is 14.3. The molecule has 0 amide bonds. The molecule has 30 heavy (non-hydrogen) atoms. The highest BCUT2D eigenvalue weighted by Crippen LogP contribution is 2.40. The van der Waals surface area contributed by atoms with Crippen LogP contribution in [0.5, 0.6) is 17.2 Å². The minimum atomic E-state index is -0.785. The Morgan fingerprint density at radius 2 is 1.80 bits per heavy atom. The molecular weight excluding hydrogens is 392 g/mol. The number of H-pyrrole nitrogens is 1. The molecule has 2 aromatic rings. The van der Waals surface area contributed by atoms with Gasteiger partial charge >= 0.3 is 5.69 Å². The number of hydrogen-bond acceptors (Lipinski definition) is 8. The van der Waals surface area contributed by atoms with Crippen LogP contribution in [-0.2, 0) is 13.1 Å². The fourth-order valence-electron chi connectivity index (χ4n) is 3.26. The molecule has 0 saturated carbocycles. The van der Waals surface area contributed by atoms with Gasteiger partial charge in [0.2, 0.25) is 5.75 Å². The highest BCUT2D eigenvalue weighted by atomic mass is 16.5. The molecule has 1 aromatic heterocycles. The van der Waals surface area contributed by atoms with Crippen LogP contribution < -0.4 is 31.2 Å². The van der Waals surface area contributed by atoms with Gasteiger partial charge in [0.1, 0.15) is 11.4 Å². The lowest BCUT2D eigenvalue weighted by molar-refractivity contribution is 0.0941. The number of ether oxygens (including phenoxy) is 3. The number of methoxy groups -OCH3 is 3. The molecule has 3 N–H and O–H groups in total. The lowest BCUT2D eigenvalue weighted by Gasteiger charge is -2.20. The summed E-state index contributed by atoms with van der Waals surface area (Å²) in [6.45, 7) is 2.42. The number of benzene rings is 1. The van der Waals surface area contributed by atoms with Crippen molar-refractivity contribution >= 4 is 11.6 Å². The predicted octanol–water partition coefficient (Wildman–Crippen LogP) is 0.869. The molecule has 0 spiro atoms. The van der Waals surface area contributed by atoms with Crippen LogP contribution in [0.4, 0.5) is 5.82 Å². The molecule has 2 rings (SSSR count). The maximum Gasteiger partial charge on any atom is 0.329 e. The Kier molecular flexibility index (Phi) is 7.65. The SMILES string of the molecule is CCCn1c(N)c(C(=O)CN(C)Cc2ccc(OC)c(OC)c2OC)c(=O)[nH]c1=O. The number of nitrogens with two attached hydrogens (primary N) is 1. The fraction of sp³-hybridized carbons (Fsp3) is 0.450. The van der Waals surface area contributed by atoms with Gasteiger partial charge in [-0.05, 0) is 19.5 Å². The normalized spacial score (nSPS) is 10.9. The number of carbonyl (C=O) groups excluding carboxylic acids is 1. The van der Waals surface area contributed by atoms with Gasteiger partial charge in [-0.25, -0.2) is 4.79 Å². The minimum absolute atomic E-state index is 0.0882. The lowest BCUT2D eigenvalue weighted by atomic mass is 10.1. The standard InChI is InChI=1S/C20H28N4O6/c1-6-9-24-18(21)15(19(26)22-20(24)27)13(25)11-23(2)10-12-7-8-14(28-3)17(30-5)16(12)29-4/h7-8H,6,9-11,21H2,1-5H3,(H,22,26,27). The average Bonchev–Trinajstić information content (AvgIpc) is 2.70. The van der Waals surface area contributed by atoms with Gasteiger partial charge < -0.3 is 19.9 Å². The van der Waals surface area contributed by atoms with Gasteiger partial charge in [-0.2, -0.15) is 0 Å². The summed E-state index contributed by atoms with van der Waals surface area (Å²) in [7, 11) is 6.28. The van der Waals surface area contributed by atoms with E-state index < -0.39 is 17.0 Å². The molecule has 0 atom stereocenters. The number of ketones is 1. The van der Waals surface area contributed by atoms with Crippen molar-refractivity contribution in [2.24, 2.45) is 0 Å². The van der Waals surface area contributed by atoms with E-state index in [2.05, 4.69) is 4.98 Å². The molecular formula is C20H28N4O6. The van der Waals surface area contributed by atoms with E-state index in [1.165, 1.54) is 25.9 Å². The Labute approximate surface area is 174 Å². The first-order valence-corrected chi connectivity index (χ1v) is 9.41. The van der Waals surface area contributed by atoms with Gasteiger partial charge in [0.15, 0.2) is 17.3 Å².